The Morgan fingerprint density at radius 1 is 1.07 bits per heavy atom. The number of amides is 1. The van der Waals surface area contributed by atoms with Crippen LogP contribution in [-0.2, 0) is 16.4 Å². The van der Waals surface area contributed by atoms with Gasteiger partial charge in [-0.15, -0.1) is 0 Å². The monoisotopic (exact) mass is 646 g/mol. The Morgan fingerprint density at radius 3 is 2.53 bits per heavy atom. The van der Waals surface area contributed by atoms with Gasteiger partial charge >= 0.3 is 0 Å². The number of fused-ring (bicyclic) bond motifs is 1. The van der Waals surface area contributed by atoms with Gasteiger partial charge in [0, 0.05) is 27.9 Å². The number of halogens is 2. The number of benzene rings is 4. The molecular weight excluding hydrogens is 615 g/mol. The minimum Gasteiger partial charge on any atom is -0.506 e. The number of phenols is 1. The summed E-state index contributed by atoms with van der Waals surface area (Å²) in [5, 5.41) is 14.6. The summed E-state index contributed by atoms with van der Waals surface area (Å²) in [6.45, 7) is 5.63. The number of carbonyl (C=O) groups is 1. The Kier molecular flexibility index (Phi) is 7.87. The zero-order valence-corrected chi connectivity index (χ0v) is 26.5. The summed E-state index contributed by atoms with van der Waals surface area (Å²) in [5.74, 6) is -1.48. The van der Waals surface area contributed by atoms with Gasteiger partial charge in [0.25, 0.3) is 5.91 Å². The number of aryl methyl sites for hydroxylation is 1. The Labute approximate surface area is 266 Å². The summed E-state index contributed by atoms with van der Waals surface area (Å²) in [6.07, 6.45) is 0.286. The number of hydrogen-bond acceptors (Lipinski definition) is 6. The van der Waals surface area contributed by atoms with Gasteiger partial charge in [0.05, 0.1) is 16.3 Å². The lowest BCUT2D eigenvalue weighted by atomic mass is 9.88. The highest BCUT2D eigenvalue weighted by Crippen LogP contribution is 2.52. The molecule has 45 heavy (non-hydrogen) atoms. The van der Waals surface area contributed by atoms with Gasteiger partial charge in [0.15, 0.2) is 9.84 Å². The number of allylic oxidation sites excluding steroid dienone is 1. The molecule has 2 aliphatic rings. The van der Waals surface area contributed by atoms with Gasteiger partial charge in [-0.05, 0) is 72.4 Å². The van der Waals surface area contributed by atoms with Crippen molar-refractivity contribution in [1.82, 2.24) is 0 Å². The summed E-state index contributed by atoms with van der Waals surface area (Å²) in [5.41, 5.74) is 1.71. The minimum atomic E-state index is -4.06. The lowest BCUT2D eigenvalue weighted by Gasteiger charge is -2.37. The normalized spacial score (nSPS) is 18.3. The Hall–Kier alpha value is -4.34. The largest absolute Gasteiger partial charge is 0.506 e. The van der Waals surface area contributed by atoms with E-state index < -0.39 is 33.0 Å². The third kappa shape index (κ3) is 5.90. The maximum atomic E-state index is 16.3. The van der Waals surface area contributed by atoms with Gasteiger partial charge in [0.1, 0.15) is 35.7 Å². The van der Waals surface area contributed by atoms with Gasteiger partial charge in [-0.25, -0.2) is 12.8 Å². The first-order valence-corrected chi connectivity index (χ1v) is 16.5. The van der Waals surface area contributed by atoms with Crippen LogP contribution in [0.25, 0.3) is 0 Å². The van der Waals surface area contributed by atoms with Crippen molar-refractivity contribution in [3.8, 4) is 11.5 Å². The number of aromatic hydroxyl groups is 1. The number of hydrogen-bond donors (Lipinski definition) is 2. The fourth-order valence-corrected chi connectivity index (χ4v) is 8.56. The van der Waals surface area contributed by atoms with E-state index in [1.54, 1.807) is 43.3 Å². The highest BCUT2D eigenvalue weighted by molar-refractivity contribution is 7.95. The van der Waals surface area contributed by atoms with E-state index >= 15 is 4.39 Å². The molecule has 2 aliphatic heterocycles. The van der Waals surface area contributed by atoms with Crippen LogP contribution in [0, 0.1) is 18.2 Å². The van der Waals surface area contributed by atoms with Crippen molar-refractivity contribution in [2.75, 3.05) is 16.0 Å². The van der Waals surface area contributed by atoms with Gasteiger partial charge < -0.3 is 15.2 Å². The highest BCUT2D eigenvalue weighted by Gasteiger charge is 2.48. The van der Waals surface area contributed by atoms with E-state index in [2.05, 4.69) is 5.32 Å². The van der Waals surface area contributed by atoms with Crippen molar-refractivity contribution in [1.29, 1.82) is 0 Å². The van der Waals surface area contributed by atoms with Gasteiger partial charge in [-0.3, -0.25) is 9.69 Å². The number of carbonyl (C=O) groups excluding carboxylic acids is 1. The molecule has 1 amide bonds. The molecule has 4 aromatic rings. The standard InChI is InChI=1S/C35H32ClFN2O5S/c1-21-16-23(12-15-26(21)36)34(41)39-29-10-7-11-30(40)31(29)38-28-18-35(2,3)20-45(42,43)33(28)32(39)25-14-13-24(17-27(25)37)44-19-22-8-5-4-6-9-22/h4-17,32,38,40H,18-20H2,1-3H3. The third-order valence-corrected chi connectivity index (χ3v) is 10.8. The Morgan fingerprint density at radius 2 is 1.82 bits per heavy atom. The van der Waals surface area contributed by atoms with Gasteiger partial charge in [0.2, 0.25) is 0 Å². The average Bonchev–Trinajstić information content (AvgIpc) is 3.12. The zero-order valence-electron chi connectivity index (χ0n) is 25.0. The number of sulfone groups is 1. The summed E-state index contributed by atoms with van der Waals surface area (Å²) in [4.78, 5) is 15.7. The molecule has 0 aliphatic carbocycles. The summed E-state index contributed by atoms with van der Waals surface area (Å²) < 4.78 is 50.6. The SMILES string of the molecule is Cc1cc(C(=O)N2c3cccc(O)c3NC3=C(C2c2ccc(OCc4ccccc4)cc2F)S(=O)(=O)CC(C)(C)C3)ccc1Cl. The zero-order chi connectivity index (χ0) is 32.1. The quantitative estimate of drug-likeness (QED) is 0.214. The first kappa shape index (κ1) is 30.7. The second-order valence-corrected chi connectivity index (χ2v) is 14.6. The van der Waals surface area contributed by atoms with Gasteiger partial charge in [-0.1, -0.05) is 61.8 Å². The molecule has 0 saturated carbocycles. The molecule has 0 spiro atoms. The molecule has 1 unspecified atom stereocenters. The molecule has 6 rings (SSSR count). The lowest BCUT2D eigenvalue weighted by Crippen LogP contribution is -2.41. The van der Waals surface area contributed by atoms with Crippen LogP contribution < -0.4 is 15.0 Å². The molecule has 0 bridgehead atoms. The molecule has 0 radical (unpaired) electrons. The molecule has 0 fully saturated rings. The molecule has 10 heteroatoms. The predicted molar refractivity (Wildman–Crippen MR) is 174 cm³/mol. The number of nitrogens with zero attached hydrogens (tertiary/aromatic N) is 1. The van der Waals surface area contributed by atoms with E-state index in [-0.39, 0.29) is 57.7 Å². The van der Waals surface area contributed by atoms with Crippen molar-refractivity contribution >= 4 is 38.7 Å². The van der Waals surface area contributed by atoms with Crippen molar-refractivity contribution < 1.29 is 27.4 Å². The van der Waals surface area contributed by atoms with Crippen molar-refractivity contribution in [2.24, 2.45) is 5.41 Å². The second kappa shape index (κ2) is 11.5. The van der Waals surface area contributed by atoms with Crippen LogP contribution in [0.4, 0.5) is 15.8 Å². The van der Waals surface area contributed by atoms with Crippen LogP contribution in [-0.4, -0.2) is 25.2 Å². The number of para-hydroxylation sites is 1. The molecule has 0 aromatic heterocycles. The molecule has 4 aromatic carbocycles. The molecule has 2 N–H and O–H groups in total. The van der Waals surface area contributed by atoms with Crippen molar-refractivity contribution in [2.45, 2.75) is 39.8 Å². The number of rotatable bonds is 5. The smallest absolute Gasteiger partial charge is 0.259 e. The van der Waals surface area contributed by atoms with E-state index in [1.165, 1.54) is 23.1 Å². The van der Waals surface area contributed by atoms with Crippen molar-refractivity contribution in [3.63, 3.8) is 0 Å². The van der Waals surface area contributed by atoms with Crippen LogP contribution in [0.5, 0.6) is 11.5 Å². The molecule has 0 saturated heterocycles. The number of ether oxygens (including phenoxy) is 1. The molecular formula is C35H32ClFN2O5S. The average molecular weight is 647 g/mol. The summed E-state index contributed by atoms with van der Waals surface area (Å²) >= 11 is 6.26. The Bertz CT molecular complexity index is 1960. The van der Waals surface area contributed by atoms with Crippen LogP contribution in [0.3, 0.4) is 0 Å². The van der Waals surface area contributed by atoms with E-state index in [4.69, 9.17) is 16.3 Å². The fraction of sp³-hybridized carbons (Fsp3) is 0.229. The topological polar surface area (TPSA) is 95.9 Å². The van der Waals surface area contributed by atoms with Crippen LogP contribution in [0.1, 0.15) is 53.4 Å². The lowest BCUT2D eigenvalue weighted by molar-refractivity contribution is 0.0980. The van der Waals surface area contributed by atoms with Crippen LogP contribution in [0.2, 0.25) is 5.02 Å². The maximum Gasteiger partial charge on any atom is 0.259 e. The predicted octanol–water partition coefficient (Wildman–Crippen LogP) is 7.94. The minimum absolute atomic E-state index is 0.0325. The molecule has 232 valence electrons. The van der Waals surface area contributed by atoms with Crippen molar-refractivity contribution in [3.05, 3.63) is 129 Å². The number of nitrogens with one attached hydrogen (secondary N) is 1. The summed E-state index contributed by atoms with van der Waals surface area (Å²) in [6, 6.07) is 21.6. The fourth-order valence-electron chi connectivity index (χ4n) is 6.09. The van der Waals surface area contributed by atoms with Crippen LogP contribution in [0.15, 0.2) is 95.5 Å². The molecule has 1 atom stereocenters. The van der Waals surface area contributed by atoms with Gasteiger partial charge in [-0.2, -0.15) is 0 Å². The van der Waals surface area contributed by atoms with E-state index in [0.717, 1.165) is 5.56 Å². The third-order valence-electron chi connectivity index (χ3n) is 8.07. The second-order valence-electron chi connectivity index (χ2n) is 12.2. The number of phenolic OH excluding ortho intramolecular Hbond substituents is 1. The van der Waals surface area contributed by atoms with E-state index in [9.17, 15) is 18.3 Å². The maximum absolute atomic E-state index is 16.3. The number of anilines is 2. The van der Waals surface area contributed by atoms with E-state index in [1.807, 2.05) is 44.2 Å². The summed E-state index contributed by atoms with van der Waals surface area (Å²) in [7, 11) is -4.06. The first-order valence-electron chi connectivity index (χ1n) is 14.5. The highest BCUT2D eigenvalue weighted by atomic mass is 35.5. The molecule has 7 nitrogen and oxygen atoms in total. The first-order chi connectivity index (χ1) is 21.3. The van der Waals surface area contributed by atoms with E-state index in [0.29, 0.717) is 16.3 Å². The Balaban J connectivity index is 1.57. The molecule has 2 heterocycles. The van der Waals surface area contributed by atoms with Crippen LogP contribution >= 0.6 is 11.6 Å².